The van der Waals surface area contributed by atoms with Gasteiger partial charge in [0.1, 0.15) is 12.4 Å². The summed E-state index contributed by atoms with van der Waals surface area (Å²) in [6.45, 7) is 5.58. The first kappa shape index (κ1) is 12.5. The lowest BCUT2D eigenvalue weighted by molar-refractivity contribution is 0.128. The predicted molar refractivity (Wildman–Crippen MR) is 67.1 cm³/mol. The van der Waals surface area contributed by atoms with Gasteiger partial charge in [0, 0.05) is 31.0 Å². The summed E-state index contributed by atoms with van der Waals surface area (Å²) >= 11 is 0. The van der Waals surface area contributed by atoms with E-state index in [1.807, 2.05) is 20.0 Å². The van der Waals surface area contributed by atoms with E-state index in [0.29, 0.717) is 24.7 Å². The van der Waals surface area contributed by atoms with E-state index in [4.69, 9.17) is 4.74 Å². The van der Waals surface area contributed by atoms with Crippen molar-refractivity contribution in [2.24, 2.45) is 0 Å². The standard InChI is InChI=1S/C12H16N4O2/c1-3-16-7-9(6-13-16)10-5-12(17)15-11(14-10)8-18-4-2/h5-7H,3-4,8H2,1-2H3,(H,14,15,17). The molecule has 0 atom stereocenters. The van der Waals surface area contributed by atoms with Crippen molar-refractivity contribution in [2.75, 3.05) is 6.61 Å². The maximum atomic E-state index is 11.5. The van der Waals surface area contributed by atoms with Crippen LogP contribution in [-0.4, -0.2) is 26.4 Å². The van der Waals surface area contributed by atoms with Gasteiger partial charge in [-0.05, 0) is 13.8 Å². The highest BCUT2D eigenvalue weighted by atomic mass is 16.5. The maximum Gasteiger partial charge on any atom is 0.251 e. The van der Waals surface area contributed by atoms with E-state index < -0.39 is 0 Å². The Labute approximate surface area is 105 Å². The van der Waals surface area contributed by atoms with Gasteiger partial charge >= 0.3 is 0 Å². The second-order valence-electron chi connectivity index (χ2n) is 3.80. The first-order chi connectivity index (χ1) is 8.72. The number of aromatic nitrogens is 4. The molecule has 2 heterocycles. The van der Waals surface area contributed by atoms with Crippen molar-refractivity contribution in [1.82, 2.24) is 19.7 Å². The number of nitrogens with zero attached hydrogens (tertiary/aromatic N) is 3. The molecule has 0 amide bonds. The average Bonchev–Trinajstić information content (AvgIpc) is 2.84. The first-order valence-electron chi connectivity index (χ1n) is 5.93. The van der Waals surface area contributed by atoms with E-state index in [2.05, 4.69) is 15.1 Å². The molecule has 18 heavy (non-hydrogen) atoms. The Bertz CT molecular complexity index is 573. The fourth-order valence-corrected chi connectivity index (χ4v) is 1.59. The normalized spacial score (nSPS) is 10.8. The Hall–Kier alpha value is -1.95. The number of hydrogen-bond acceptors (Lipinski definition) is 4. The van der Waals surface area contributed by atoms with Crippen molar-refractivity contribution in [3.63, 3.8) is 0 Å². The van der Waals surface area contributed by atoms with Crippen LogP contribution in [0.25, 0.3) is 11.3 Å². The van der Waals surface area contributed by atoms with Gasteiger partial charge in [-0.1, -0.05) is 0 Å². The van der Waals surface area contributed by atoms with Gasteiger partial charge in [-0.25, -0.2) is 4.98 Å². The zero-order valence-electron chi connectivity index (χ0n) is 10.5. The number of hydrogen-bond donors (Lipinski definition) is 1. The summed E-state index contributed by atoms with van der Waals surface area (Å²) in [5, 5.41) is 4.17. The van der Waals surface area contributed by atoms with Crippen LogP contribution in [0.15, 0.2) is 23.3 Å². The van der Waals surface area contributed by atoms with Crippen LogP contribution in [0.3, 0.4) is 0 Å². The van der Waals surface area contributed by atoms with Gasteiger partial charge < -0.3 is 9.72 Å². The second-order valence-corrected chi connectivity index (χ2v) is 3.80. The fraction of sp³-hybridized carbons (Fsp3) is 0.417. The van der Waals surface area contributed by atoms with E-state index in [1.165, 1.54) is 6.07 Å². The van der Waals surface area contributed by atoms with Crippen molar-refractivity contribution in [3.8, 4) is 11.3 Å². The smallest absolute Gasteiger partial charge is 0.251 e. The molecule has 1 N–H and O–H groups in total. The van der Waals surface area contributed by atoms with Gasteiger partial charge in [-0.3, -0.25) is 9.48 Å². The molecule has 0 spiro atoms. The van der Waals surface area contributed by atoms with E-state index in [0.717, 1.165) is 12.1 Å². The number of aryl methyl sites for hydroxylation is 1. The highest BCUT2D eigenvalue weighted by molar-refractivity contribution is 5.56. The molecule has 0 aliphatic rings. The van der Waals surface area contributed by atoms with Crippen LogP contribution < -0.4 is 5.56 Å². The van der Waals surface area contributed by atoms with Gasteiger partial charge in [0.15, 0.2) is 0 Å². The summed E-state index contributed by atoms with van der Waals surface area (Å²) in [6.07, 6.45) is 3.57. The van der Waals surface area contributed by atoms with Crippen LogP contribution in [0.2, 0.25) is 0 Å². The van der Waals surface area contributed by atoms with Crippen LogP contribution in [0.1, 0.15) is 19.7 Å². The van der Waals surface area contributed by atoms with E-state index in [9.17, 15) is 4.79 Å². The molecule has 2 rings (SSSR count). The lowest BCUT2D eigenvalue weighted by atomic mass is 10.2. The van der Waals surface area contributed by atoms with E-state index in [1.54, 1.807) is 10.9 Å². The minimum Gasteiger partial charge on any atom is -0.374 e. The Morgan fingerprint density at radius 3 is 2.94 bits per heavy atom. The highest BCUT2D eigenvalue weighted by Crippen LogP contribution is 2.14. The number of aromatic amines is 1. The first-order valence-corrected chi connectivity index (χ1v) is 5.93. The van der Waals surface area contributed by atoms with Crippen molar-refractivity contribution < 1.29 is 4.74 Å². The Balaban J connectivity index is 2.32. The molecule has 0 saturated carbocycles. The molecule has 2 aromatic rings. The Morgan fingerprint density at radius 2 is 2.28 bits per heavy atom. The van der Waals surface area contributed by atoms with Crippen LogP contribution in [0.4, 0.5) is 0 Å². The molecule has 2 aromatic heterocycles. The Morgan fingerprint density at radius 1 is 1.44 bits per heavy atom. The molecule has 6 nitrogen and oxygen atoms in total. The summed E-state index contributed by atoms with van der Waals surface area (Å²) in [5.74, 6) is 0.531. The number of H-pyrrole nitrogens is 1. The molecule has 0 aromatic carbocycles. The monoisotopic (exact) mass is 248 g/mol. The predicted octanol–water partition coefficient (Wildman–Crippen LogP) is 1.19. The quantitative estimate of drug-likeness (QED) is 0.862. The molecule has 0 bridgehead atoms. The lowest BCUT2D eigenvalue weighted by Gasteiger charge is -2.02. The van der Waals surface area contributed by atoms with Crippen LogP contribution in [-0.2, 0) is 17.9 Å². The van der Waals surface area contributed by atoms with Crippen molar-refractivity contribution in [3.05, 3.63) is 34.6 Å². The summed E-state index contributed by atoms with van der Waals surface area (Å²) in [5.41, 5.74) is 1.27. The number of nitrogens with one attached hydrogen (secondary N) is 1. The summed E-state index contributed by atoms with van der Waals surface area (Å²) in [7, 11) is 0. The third kappa shape index (κ3) is 2.84. The molecule has 0 fully saturated rings. The molecule has 6 heteroatoms. The summed E-state index contributed by atoms with van der Waals surface area (Å²) < 4.78 is 7.03. The number of ether oxygens (including phenoxy) is 1. The van der Waals surface area contributed by atoms with E-state index >= 15 is 0 Å². The maximum absolute atomic E-state index is 11.5. The molecule has 0 radical (unpaired) electrons. The average molecular weight is 248 g/mol. The summed E-state index contributed by atoms with van der Waals surface area (Å²) in [6, 6.07) is 1.46. The molecule has 0 unspecified atom stereocenters. The molecule has 0 aliphatic heterocycles. The molecule has 96 valence electrons. The SMILES string of the molecule is CCOCc1nc(-c2cnn(CC)c2)cc(=O)[nH]1. The summed E-state index contributed by atoms with van der Waals surface area (Å²) in [4.78, 5) is 18.6. The minimum absolute atomic E-state index is 0.182. The van der Waals surface area contributed by atoms with Crippen LogP contribution >= 0.6 is 0 Å². The zero-order chi connectivity index (χ0) is 13.0. The lowest BCUT2D eigenvalue weighted by Crippen LogP contribution is -2.12. The van der Waals surface area contributed by atoms with Crippen molar-refractivity contribution in [1.29, 1.82) is 0 Å². The topological polar surface area (TPSA) is 72.8 Å². The largest absolute Gasteiger partial charge is 0.374 e. The number of rotatable bonds is 5. The third-order valence-electron chi connectivity index (χ3n) is 2.49. The van der Waals surface area contributed by atoms with Gasteiger partial charge in [-0.2, -0.15) is 5.10 Å². The molecular weight excluding hydrogens is 232 g/mol. The fourth-order valence-electron chi connectivity index (χ4n) is 1.59. The highest BCUT2D eigenvalue weighted by Gasteiger charge is 2.06. The minimum atomic E-state index is -0.182. The zero-order valence-corrected chi connectivity index (χ0v) is 10.5. The van der Waals surface area contributed by atoms with Crippen molar-refractivity contribution in [2.45, 2.75) is 27.0 Å². The van der Waals surface area contributed by atoms with Gasteiger partial charge in [0.05, 0.1) is 11.9 Å². The van der Waals surface area contributed by atoms with Crippen LogP contribution in [0.5, 0.6) is 0 Å². The van der Waals surface area contributed by atoms with Crippen LogP contribution in [0, 0.1) is 0 Å². The van der Waals surface area contributed by atoms with Gasteiger partial charge in [0.25, 0.3) is 5.56 Å². The van der Waals surface area contributed by atoms with Gasteiger partial charge in [0.2, 0.25) is 0 Å². The van der Waals surface area contributed by atoms with Crippen molar-refractivity contribution >= 4 is 0 Å². The Kier molecular flexibility index (Phi) is 3.88. The molecule has 0 saturated heterocycles. The molecular formula is C12H16N4O2. The second kappa shape index (κ2) is 5.59. The van der Waals surface area contributed by atoms with Gasteiger partial charge in [-0.15, -0.1) is 0 Å². The van der Waals surface area contributed by atoms with E-state index in [-0.39, 0.29) is 5.56 Å². The third-order valence-corrected chi connectivity index (χ3v) is 2.49. The molecule has 0 aliphatic carbocycles.